The van der Waals surface area contributed by atoms with Crippen molar-refractivity contribution < 1.29 is 14.3 Å². The second kappa shape index (κ2) is 8.34. The molecule has 1 N–H and O–H groups in total. The third-order valence-corrected chi connectivity index (χ3v) is 4.01. The third-order valence-electron chi connectivity index (χ3n) is 4.01. The Kier molecular flexibility index (Phi) is 7.11. The van der Waals surface area contributed by atoms with E-state index in [0.717, 1.165) is 32.2 Å². The summed E-state index contributed by atoms with van der Waals surface area (Å²) in [7, 11) is 5.01. The number of methoxy groups -OCH3 is 1. The summed E-state index contributed by atoms with van der Waals surface area (Å²) in [4.78, 5) is 28.1. The van der Waals surface area contributed by atoms with Crippen molar-refractivity contribution in [2.75, 3.05) is 47.4 Å². The zero-order chi connectivity index (χ0) is 15.9. The van der Waals surface area contributed by atoms with Crippen molar-refractivity contribution in [2.24, 2.45) is 0 Å². The van der Waals surface area contributed by atoms with Crippen molar-refractivity contribution in [1.29, 1.82) is 0 Å². The molecule has 1 rings (SSSR count). The molecule has 1 fully saturated rings. The van der Waals surface area contributed by atoms with Gasteiger partial charge in [-0.2, -0.15) is 0 Å². The predicted molar refractivity (Wildman–Crippen MR) is 82.0 cm³/mol. The highest BCUT2D eigenvalue weighted by Gasteiger charge is 2.42. The van der Waals surface area contributed by atoms with Gasteiger partial charge < -0.3 is 19.9 Å². The van der Waals surface area contributed by atoms with Gasteiger partial charge in [0.1, 0.15) is 0 Å². The highest BCUT2D eigenvalue weighted by molar-refractivity contribution is 5.90. The van der Waals surface area contributed by atoms with Crippen molar-refractivity contribution >= 4 is 11.8 Å². The maximum Gasteiger partial charge on any atom is 0.243 e. The Morgan fingerprint density at radius 1 is 1.33 bits per heavy atom. The normalized spacial score (nSPS) is 21.3. The van der Waals surface area contributed by atoms with Crippen molar-refractivity contribution in [3.8, 4) is 0 Å². The van der Waals surface area contributed by atoms with E-state index < -0.39 is 5.54 Å². The standard InChI is InChI=1S/C15H29N3O3/c1-5-7-15(8-6-9-16-15)14(20)18(10-11-21-4)12-13(19)17(2)3/h16H,5-12H2,1-4H3. The van der Waals surface area contributed by atoms with Crippen LogP contribution in [0.3, 0.4) is 0 Å². The van der Waals surface area contributed by atoms with Gasteiger partial charge in [0.05, 0.1) is 18.7 Å². The second-order valence-corrected chi connectivity index (χ2v) is 5.87. The minimum atomic E-state index is -0.491. The monoisotopic (exact) mass is 299 g/mol. The fourth-order valence-electron chi connectivity index (χ4n) is 2.80. The Morgan fingerprint density at radius 2 is 2.05 bits per heavy atom. The van der Waals surface area contributed by atoms with Gasteiger partial charge in [0.25, 0.3) is 0 Å². The summed E-state index contributed by atoms with van der Waals surface area (Å²) in [6, 6.07) is 0. The number of hydrogen-bond acceptors (Lipinski definition) is 4. The molecule has 0 aliphatic carbocycles. The predicted octanol–water partition coefficient (Wildman–Crippen LogP) is 0.472. The molecule has 1 saturated heterocycles. The van der Waals surface area contributed by atoms with Crippen LogP contribution in [0.25, 0.3) is 0 Å². The molecule has 0 aromatic carbocycles. The van der Waals surface area contributed by atoms with E-state index in [1.54, 1.807) is 26.1 Å². The number of carbonyl (C=O) groups excluding carboxylic acids is 2. The molecule has 1 aliphatic heterocycles. The van der Waals surface area contributed by atoms with Crippen molar-refractivity contribution in [1.82, 2.24) is 15.1 Å². The lowest BCUT2D eigenvalue weighted by molar-refractivity contribution is -0.144. The van der Waals surface area contributed by atoms with Crippen LogP contribution < -0.4 is 5.32 Å². The summed E-state index contributed by atoms with van der Waals surface area (Å²) < 4.78 is 5.08. The van der Waals surface area contributed by atoms with Gasteiger partial charge in [-0.05, 0) is 25.8 Å². The molecule has 0 aromatic rings. The van der Waals surface area contributed by atoms with Gasteiger partial charge >= 0.3 is 0 Å². The van der Waals surface area contributed by atoms with Crippen LogP contribution in [-0.2, 0) is 14.3 Å². The van der Waals surface area contributed by atoms with Crippen LogP contribution in [0.2, 0.25) is 0 Å². The molecular formula is C15H29N3O3. The lowest BCUT2D eigenvalue weighted by Gasteiger charge is -2.34. The number of amides is 2. The van der Waals surface area contributed by atoms with Gasteiger partial charge in [-0.3, -0.25) is 9.59 Å². The van der Waals surface area contributed by atoms with Crippen LogP contribution in [0, 0.1) is 0 Å². The maximum atomic E-state index is 13.0. The Bertz CT molecular complexity index is 352. The minimum Gasteiger partial charge on any atom is -0.383 e. The minimum absolute atomic E-state index is 0.0362. The lowest BCUT2D eigenvalue weighted by atomic mass is 9.90. The number of rotatable bonds is 8. The summed E-state index contributed by atoms with van der Waals surface area (Å²) in [5.41, 5.74) is -0.491. The topological polar surface area (TPSA) is 61.9 Å². The first-order chi connectivity index (χ1) is 9.96. The number of likely N-dealkylation sites (N-methyl/N-ethyl adjacent to an activating group) is 1. The van der Waals surface area contributed by atoms with Gasteiger partial charge in [-0.1, -0.05) is 13.3 Å². The van der Waals surface area contributed by atoms with Crippen LogP contribution >= 0.6 is 0 Å². The molecule has 1 heterocycles. The van der Waals surface area contributed by atoms with Gasteiger partial charge in [-0.25, -0.2) is 0 Å². The zero-order valence-electron chi connectivity index (χ0n) is 13.8. The van der Waals surface area contributed by atoms with Gasteiger partial charge in [0, 0.05) is 27.7 Å². The first kappa shape index (κ1) is 17.9. The Balaban J connectivity index is 2.84. The summed E-state index contributed by atoms with van der Waals surface area (Å²) >= 11 is 0. The molecule has 0 bridgehead atoms. The number of carbonyl (C=O) groups is 2. The molecule has 122 valence electrons. The van der Waals surface area contributed by atoms with Crippen LogP contribution in [0.1, 0.15) is 32.6 Å². The largest absolute Gasteiger partial charge is 0.383 e. The van der Waals surface area contributed by atoms with Gasteiger partial charge in [-0.15, -0.1) is 0 Å². The SMILES string of the molecule is CCCC1(C(=O)N(CCOC)CC(=O)N(C)C)CCCN1. The zero-order valence-corrected chi connectivity index (χ0v) is 13.8. The first-order valence-corrected chi connectivity index (χ1v) is 7.70. The molecular weight excluding hydrogens is 270 g/mol. The highest BCUT2D eigenvalue weighted by Crippen LogP contribution is 2.27. The van der Waals surface area contributed by atoms with Gasteiger partial charge in [0.2, 0.25) is 11.8 Å². The molecule has 1 unspecified atom stereocenters. The van der Waals surface area contributed by atoms with Crippen LogP contribution in [0.5, 0.6) is 0 Å². The molecule has 6 heteroatoms. The summed E-state index contributed by atoms with van der Waals surface area (Å²) in [6.07, 6.45) is 3.61. The van der Waals surface area contributed by atoms with Crippen molar-refractivity contribution in [3.63, 3.8) is 0 Å². The maximum absolute atomic E-state index is 13.0. The Morgan fingerprint density at radius 3 is 2.52 bits per heavy atom. The van der Waals surface area contributed by atoms with Crippen molar-refractivity contribution in [2.45, 2.75) is 38.1 Å². The molecule has 0 radical (unpaired) electrons. The Hall–Kier alpha value is -1.14. The van der Waals surface area contributed by atoms with Crippen LogP contribution in [0.15, 0.2) is 0 Å². The molecule has 2 amide bonds. The van der Waals surface area contributed by atoms with Crippen molar-refractivity contribution in [3.05, 3.63) is 0 Å². The van der Waals surface area contributed by atoms with E-state index in [4.69, 9.17) is 4.74 Å². The molecule has 1 aliphatic rings. The van der Waals surface area contributed by atoms with E-state index in [1.807, 2.05) is 0 Å². The first-order valence-electron chi connectivity index (χ1n) is 7.70. The fraction of sp³-hybridized carbons (Fsp3) is 0.867. The van der Waals surface area contributed by atoms with E-state index in [0.29, 0.717) is 13.2 Å². The summed E-state index contributed by atoms with van der Waals surface area (Å²) in [6.45, 7) is 3.95. The molecule has 0 aromatic heterocycles. The molecule has 21 heavy (non-hydrogen) atoms. The number of nitrogens with zero attached hydrogens (tertiary/aromatic N) is 2. The summed E-state index contributed by atoms with van der Waals surface area (Å²) in [5.74, 6) is -0.0294. The number of hydrogen-bond donors (Lipinski definition) is 1. The average Bonchev–Trinajstić information content (AvgIpc) is 2.92. The van der Waals surface area contributed by atoms with Crippen LogP contribution in [0.4, 0.5) is 0 Å². The number of nitrogens with one attached hydrogen (secondary N) is 1. The van der Waals surface area contributed by atoms with Crippen LogP contribution in [-0.4, -0.2) is 74.6 Å². The van der Waals surface area contributed by atoms with E-state index in [-0.39, 0.29) is 18.4 Å². The third kappa shape index (κ3) is 4.68. The van der Waals surface area contributed by atoms with Gasteiger partial charge in [0.15, 0.2) is 0 Å². The molecule has 6 nitrogen and oxygen atoms in total. The Labute approximate surface area is 127 Å². The quantitative estimate of drug-likeness (QED) is 0.708. The number of ether oxygens (including phenoxy) is 1. The molecule has 0 spiro atoms. The van der Waals surface area contributed by atoms with E-state index in [2.05, 4.69) is 12.2 Å². The van der Waals surface area contributed by atoms with E-state index in [9.17, 15) is 9.59 Å². The smallest absolute Gasteiger partial charge is 0.243 e. The fourth-order valence-corrected chi connectivity index (χ4v) is 2.80. The summed E-state index contributed by atoms with van der Waals surface area (Å²) in [5, 5.41) is 3.37. The lowest BCUT2D eigenvalue weighted by Crippen LogP contribution is -2.57. The van der Waals surface area contributed by atoms with E-state index >= 15 is 0 Å². The molecule has 1 atom stereocenters. The van der Waals surface area contributed by atoms with E-state index in [1.165, 1.54) is 4.90 Å². The highest BCUT2D eigenvalue weighted by atomic mass is 16.5. The second-order valence-electron chi connectivity index (χ2n) is 5.87. The molecule has 0 saturated carbocycles. The average molecular weight is 299 g/mol.